The lowest BCUT2D eigenvalue weighted by Crippen LogP contribution is -2.27. The first-order valence-electron chi connectivity index (χ1n) is 6.73. The van der Waals surface area contributed by atoms with E-state index in [1.54, 1.807) is 0 Å². The number of aliphatic hydroxyl groups excluding tert-OH is 1. The molecule has 0 heterocycles. The Bertz CT molecular complexity index is 818. The van der Waals surface area contributed by atoms with Crippen molar-refractivity contribution < 1.29 is 31.1 Å². The summed E-state index contributed by atoms with van der Waals surface area (Å²) in [6.07, 6.45) is -4.48. The van der Waals surface area contributed by atoms with Crippen molar-refractivity contribution in [2.24, 2.45) is 0 Å². The molecule has 2 N–H and O–H groups in total. The van der Waals surface area contributed by atoms with Gasteiger partial charge in [-0.2, -0.15) is 13.2 Å². The minimum Gasteiger partial charge on any atom is -0.395 e. The van der Waals surface area contributed by atoms with E-state index in [1.165, 1.54) is 18.2 Å². The van der Waals surface area contributed by atoms with Crippen LogP contribution in [0.1, 0.15) is 5.56 Å². The Labute approximate surface area is 135 Å². The summed E-state index contributed by atoms with van der Waals surface area (Å²) in [5.41, 5.74) is -0.290. The summed E-state index contributed by atoms with van der Waals surface area (Å²) in [5, 5.41) is 8.66. The molecule has 2 rings (SSSR count). The fourth-order valence-electron chi connectivity index (χ4n) is 2.00. The van der Waals surface area contributed by atoms with E-state index >= 15 is 0 Å². The van der Waals surface area contributed by atoms with Crippen molar-refractivity contribution in [3.8, 4) is 11.1 Å². The zero-order valence-electron chi connectivity index (χ0n) is 12.1. The molecule has 0 saturated carbocycles. The van der Waals surface area contributed by atoms with Gasteiger partial charge >= 0.3 is 6.18 Å². The molecule has 0 saturated heterocycles. The van der Waals surface area contributed by atoms with Gasteiger partial charge in [0.2, 0.25) is 10.0 Å². The molecule has 0 spiro atoms. The Morgan fingerprint density at radius 2 is 1.58 bits per heavy atom. The number of rotatable bonds is 5. The average molecular weight is 363 g/mol. The first-order chi connectivity index (χ1) is 11.1. The van der Waals surface area contributed by atoms with Crippen LogP contribution in [0.2, 0.25) is 0 Å². The van der Waals surface area contributed by atoms with Gasteiger partial charge in [0.15, 0.2) is 0 Å². The van der Waals surface area contributed by atoms with Crippen LogP contribution in [-0.4, -0.2) is 26.7 Å². The van der Waals surface area contributed by atoms with Crippen LogP contribution in [0.4, 0.5) is 17.6 Å². The number of halogens is 4. The van der Waals surface area contributed by atoms with Gasteiger partial charge in [0.25, 0.3) is 0 Å². The Balaban J connectivity index is 2.41. The number of sulfonamides is 1. The van der Waals surface area contributed by atoms with Crippen molar-refractivity contribution in [2.45, 2.75) is 11.1 Å². The minimum absolute atomic E-state index is 0.245. The molecule has 0 aliphatic rings. The minimum atomic E-state index is -4.48. The van der Waals surface area contributed by atoms with E-state index in [-0.39, 0.29) is 12.1 Å². The molecule has 24 heavy (non-hydrogen) atoms. The third-order valence-corrected chi connectivity index (χ3v) is 4.65. The topological polar surface area (TPSA) is 66.4 Å². The highest BCUT2D eigenvalue weighted by Crippen LogP contribution is 2.31. The fourth-order valence-corrected chi connectivity index (χ4v) is 3.12. The van der Waals surface area contributed by atoms with Gasteiger partial charge in [-0.15, -0.1) is 0 Å². The smallest absolute Gasteiger partial charge is 0.395 e. The molecule has 0 bridgehead atoms. The SMILES string of the molecule is O=S(=O)(NCCO)c1cc(-c2ccc(C(F)(F)F)cc2)ccc1F. The largest absolute Gasteiger partial charge is 0.416 e. The zero-order chi connectivity index (χ0) is 18.0. The predicted octanol–water partition coefficient (Wildman–Crippen LogP) is 2.78. The lowest BCUT2D eigenvalue weighted by molar-refractivity contribution is -0.137. The standard InChI is InChI=1S/C15H13F4NO3S/c16-13-6-3-11(9-14(13)24(22,23)20-7-8-21)10-1-4-12(5-2-10)15(17,18)19/h1-6,9,20-21H,7-8H2. The summed E-state index contributed by atoms with van der Waals surface area (Å²) >= 11 is 0. The van der Waals surface area contributed by atoms with Crippen molar-refractivity contribution in [3.63, 3.8) is 0 Å². The van der Waals surface area contributed by atoms with Crippen LogP contribution < -0.4 is 4.72 Å². The number of benzene rings is 2. The summed E-state index contributed by atoms with van der Waals surface area (Å²) in [7, 11) is -4.18. The molecule has 0 atom stereocenters. The second-order valence-corrected chi connectivity index (χ2v) is 6.58. The highest BCUT2D eigenvalue weighted by Gasteiger charge is 2.30. The summed E-state index contributed by atoms with van der Waals surface area (Å²) < 4.78 is 77.4. The molecule has 0 amide bonds. The van der Waals surface area contributed by atoms with Crippen molar-refractivity contribution in [2.75, 3.05) is 13.2 Å². The Hall–Kier alpha value is -1.97. The molecular formula is C15H13F4NO3S. The molecule has 0 radical (unpaired) electrons. The first-order valence-corrected chi connectivity index (χ1v) is 8.21. The lowest BCUT2D eigenvalue weighted by Gasteiger charge is -2.10. The van der Waals surface area contributed by atoms with Crippen LogP contribution in [-0.2, 0) is 16.2 Å². The highest BCUT2D eigenvalue weighted by atomic mass is 32.2. The molecule has 130 valence electrons. The molecule has 0 fully saturated rings. The van der Waals surface area contributed by atoms with Crippen molar-refractivity contribution in [1.82, 2.24) is 4.72 Å². The number of hydrogen-bond donors (Lipinski definition) is 2. The summed E-state index contributed by atoms with van der Waals surface area (Å²) in [6.45, 7) is -0.744. The van der Waals surface area contributed by atoms with E-state index < -0.39 is 39.1 Å². The van der Waals surface area contributed by atoms with Crippen LogP contribution >= 0.6 is 0 Å². The molecule has 0 unspecified atom stereocenters. The third kappa shape index (κ3) is 4.11. The monoisotopic (exact) mass is 363 g/mol. The summed E-state index contributed by atoms with van der Waals surface area (Å²) in [6, 6.07) is 7.27. The van der Waals surface area contributed by atoms with Crippen LogP contribution in [0, 0.1) is 5.82 Å². The third-order valence-electron chi connectivity index (χ3n) is 3.17. The van der Waals surface area contributed by atoms with Gasteiger partial charge in [-0.3, -0.25) is 0 Å². The number of nitrogens with one attached hydrogen (secondary N) is 1. The number of aliphatic hydroxyl groups is 1. The van der Waals surface area contributed by atoms with Gasteiger partial charge in [0.05, 0.1) is 12.2 Å². The lowest BCUT2D eigenvalue weighted by atomic mass is 10.0. The van der Waals surface area contributed by atoms with Crippen LogP contribution in [0.25, 0.3) is 11.1 Å². The fraction of sp³-hybridized carbons (Fsp3) is 0.200. The average Bonchev–Trinajstić information content (AvgIpc) is 2.52. The van der Waals surface area contributed by atoms with Gasteiger partial charge in [0.1, 0.15) is 10.7 Å². The van der Waals surface area contributed by atoms with Gasteiger partial charge in [-0.1, -0.05) is 18.2 Å². The zero-order valence-corrected chi connectivity index (χ0v) is 13.0. The van der Waals surface area contributed by atoms with Gasteiger partial charge < -0.3 is 5.11 Å². The van der Waals surface area contributed by atoms with E-state index in [4.69, 9.17) is 5.11 Å². The Morgan fingerprint density at radius 1 is 1.00 bits per heavy atom. The van der Waals surface area contributed by atoms with E-state index in [0.717, 1.165) is 24.3 Å². The second-order valence-electron chi connectivity index (χ2n) is 4.84. The van der Waals surface area contributed by atoms with Gasteiger partial charge in [-0.25, -0.2) is 17.5 Å². The normalized spacial score (nSPS) is 12.4. The van der Waals surface area contributed by atoms with Gasteiger partial charge in [0, 0.05) is 6.54 Å². The van der Waals surface area contributed by atoms with E-state index in [9.17, 15) is 26.0 Å². The molecular weight excluding hydrogens is 350 g/mol. The van der Waals surface area contributed by atoms with E-state index in [1.807, 2.05) is 4.72 Å². The molecule has 0 aromatic heterocycles. The maximum atomic E-state index is 13.8. The molecule has 9 heteroatoms. The maximum Gasteiger partial charge on any atom is 0.416 e. The van der Waals surface area contributed by atoms with Crippen LogP contribution in [0.15, 0.2) is 47.4 Å². The molecule has 0 aliphatic heterocycles. The second kappa shape index (κ2) is 6.88. The van der Waals surface area contributed by atoms with E-state index in [0.29, 0.717) is 5.56 Å². The molecule has 0 aliphatic carbocycles. The van der Waals surface area contributed by atoms with Crippen molar-refractivity contribution in [1.29, 1.82) is 0 Å². The molecule has 4 nitrogen and oxygen atoms in total. The summed E-state index contributed by atoms with van der Waals surface area (Å²) in [4.78, 5) is -0.645. The number of hydrogen-bond acceptors (Lipinski definition) is 3. The summed E-state index contributed by atoms with van der Waals surface area (Å²) in [5.74, 6) is -1.00. The van der Waals surface area contributed by atoms with E-state index in [2.05, 4.69) is 0 Å². The Morgan fingerprint density at radius 3 is 2.12 bits per heavy atom. The maximum absolute atomic E-state index is 13.8. The van der Waals surface area contributed by atoms with Gasteiger partial charge in [-0.05, 0) is 35.4 Å². The van der Waals surface area contributed by atoms with Crippen molar-refractivity contribution >= 4 is 10.0 Å². The predicted molar refractivity (Wildman–Crippen MR) is 79.1 cm³/mol. The highest BCUT2D eigenvalue weighted by molar-refractivity contribution is 7.89. The Kier molecular flexibility index (Phi) is 5.26. The van der Waals surface area contributed by atoms with Crippen LogP contribution in [0.3, 0.4) is 0 Å². The molecule has 2 aromatic rings. The van der Waals surface area contributed by atoms with Crippen molar-refractivity contribution in [3.05, 3.63) is 53.8 Å². The van der Waals surface area contributed by atoms with Crippen LogP contribution in [0.5, 0.6) is 0 Å². The quantitative estimate of drug-likeness (QED) is 0.803. The molecule has 2 aromatic carbocycles. The first kappa shape index (κ1) is 18.4. The number of alkyl halides is 3.